The van der Waals surface area contributed by atoms with Crippen LogP contribution in [0.25, 0.3) is 0 Å². The molecule has 2 aromatic carbocycles. The van der Waals surface area contributed by atoms with E-state index in [0.717, 1.165) is 30.6 Å². The van der Waals surface area contributed by atoms with Crippen LogP contribution in [0.15, 0.2) is 60.7 Å². The fourth-order valence-corrected chi connectivity index (χ4v) is 3.29. The highest BCUT2D eigenvalue weighted by Crippen LogP contribution is 2.30. The van der Waals surface area contributed by atoms with Gasteiger partial charge in [0.25, 0.3) is 0 Å². The number of aliphatic hydroxyl groups is 1. The molecular weight excluding hydrogens is 294 g/mol. The third kappa shape index (κ3) is 3.53. The second-order valence-corrected chi connectivity index (χ2v) is 6.85. The third-order valence-electron chi connectivity index (χ3n) is 4.98. The highest BCUT2D eigenvalue weighted by atomic mass is 16.3. The molecule has 2 heteroatoms. The summed E-state index contributed by atoms with van der Waals surface area (Å²) in [7, 11) is 2.14. The van der Waals surface area contributed by atoms with Crippen molar-refractivity contribution in [3.8, 4) is 11.8 Å². The van der Waals surface area contributed by atoms with Crippen LogP contribution >= 0.6 is 0 Å². The van der Waals surface area contributed by atoms with Gasteiger partial charge in [-0.2, -0.15) is 0 Å². The van der Waals surface area contributed by atoms with Gasteiger partial charge in [0.05, 0.1) is 0 Å². The SMILES string of the molecule is C[C@@H]1CCN(C)C[C@H]1C#CC(O)(c1ccccc1)c1ccccc1. The van der Waals surface area contributed by atoms with Crippen LogP contribution in [0.1, 0.15) is 24.5 Å². The first-order chi connectivity index (χ1) is 11.6. The van der Waals surface area contributed by atoms with Gasteiger partial charge in [0.1, 0.15) is 0 Å². The lowest BCUT2D eigenvalue weighted by Gasteiger charge is -2.32. The lowest BCUT2D eigenvalue weighted by Crippen LogP contribution is -2.36. The summed E-state index contributed by atoms with van der Waals surface area (Å²) >= 11 is 0. The first kappa shape index (κ1) is 16.8. The van der Waals surface area contributed by atoms with Gasteiger partial charge in [-0.15, -0.1) is 0 Å². The Morgan fingerprint density at radius 1 is 1.00 bits per heavy atom. The molecule has 124 valence electrons. The quantitative estimate of drug-likeness (QED) is 0.856. The Morgan fingerprint density at radius 2 is 1.54 bits per heavy atom. The molecule has 24 heavy (non-hydrogen) atoms. The molecule has 3 rings (SSSR count). The van der Waals surface area contributed by atoms with Crippen molar-refractivity contribution in [3.05, 3.63) is 71.8 Å². The Morgan fingerprint density at radius 3 is 2.08 bits per heavy atom. The number of piperidine rings is 1. The van der Waals surface area contributed by atoms with E-state index < -0.39 is 5.60 Å². The van der Waals surface area contributed by atoms with E-state index >= 15 is 0 Å². The number of hydrogen-bond acceptors (Lipinski definition) is 2. The summed E-state index contributed by atoms with van der Waals surface area (Å²) in [6.07, 6.45) is 1.16. The van der Waals surface area contributed by atoms with Gasteiger partial charge in [0.2, 0.25) is 0 Å². The van der Waals surface area contributed by atoms with Crippen molar-refractivity contribution in [1.29, 1.82) is 0 Å². The Hall–Kier alpha value is -2.08. The molecule has 0 saturated carbocycles. The lowest BCUT2D eigenvalue weighted by molar-refractivity contribution is 0.143. The van der Waals surface area contributed by atoms with Gasteiger partial charge in [0.15, 0.2) is 5.60 Å². The zero-order valence-corrected chi connectivity index (χ0v) is 14.4. The smallest absolute Gasteiger partial charge is 0.176 e. The van der Waals surface area contributed by atoms with Crippen molar-refractivity contribution in [1.82, 2.24) is 4.90 Å². The minimum absolute atomic E-state index is 0.294. The summed E-state index contributed by atoms with van der Waals surface area (Å²) in [5, 5.41) is 11.4. The molecule has 1 heterocycles. The molecule has 0 bridgehead atoms. The molecule has 2 aromatic rings. The van der Waals surface area contributed by atoms with Gasteiger partial charge in [-0.1, -0.05) is 79.4 Å². The van der Waals surface area contributed by atoms with Crippen LogP contribution in [0.2, 0.25) is 0 Å². The predicted octanol–water partition coefficient (Wildman–Crippen LogP) is 3.51. The van der Waals surface area contributed by atoms with Crippen molar-refractivity contribution in [2.75, 3.05) is 20.1 Å². The molecule has 0 unspecified atom stereocenters. The van der Waals surface area contributed by atoms with E-state index in [0.29, 0.717) is 11.8 Å². The first-order valence-corrected chi connectivity index (χ1v) is 8.64. The molecule has 1 aliphatic rings. The Kier molecular flexibility index (Phi) is 5.04. The van der Waals surface area contributed by atoms with Crippen molar-refractivity contribution >= 4 is 0 Å². The summed E-state index contributed by atoms with van der Waals surface area (Å²) < 4.78 is 0. The molecule has 1 aliphatic heterocycles. The number of benzene rings is 2. The molecule has 0 amide bonds. The van der Waals surface area contributed by atoms with Gasteiger partial charge in [-0.05, 0) is 25.9 Å². The predicted molar refractivity (Wildman–Crippen MR) is 98.4 cm³/mol. The maximum Gasteiger partial charge on any atom is 0.176 e. The fraction of sp³-hybridized carbons (Fsp3) is 0.364. The maximum atomic E-state index is 11.4. The second-order valence-electron chi connectivity index (χ2n) is 6.85. The zero-order valence-electron chi connectivity index (χ0n) is 14.4. The zero-order chi connectivity index (χ0) is 17.0. The molecule has 0 aromatic heterocycles. The van der Waals surface area contributed by atoms with E-state index in [2.05, 4.69) is 30.7 Å². The van der Waals surface area contributed by atoms with Crippen molar-refractivity contribution in [2.45, 2.75) is 18.9 Å². The molecule has 1 saturated heterocycles. The van der Waals surface area contributed by atoms with Crippen molar-refractivity contribution in [3.63, 3.8) is 0 Å². The van der Waals surface area contributed by atoms with Gasteiger partial charge < -0.3 is 10.0 Å². The summed E-state index contributed by atoms with van der Waals surface area (Å²) in [5.74, 6) is 7.48. The summed E-state index contributed by atoms with van der Waals surface area (Å²) in [5.41, 5.74) is 0.374. The van der Waals surface area contributed by atoms with E-state index in [-0.39, 0.29) is 0 Å². The maximum absolute atomic E-state index is 11.4. The standard InChI is InChI=1S/C22H25NO/c1-18-14-16-23(2)17-19(18)13-15-22(24,20-9-5-3-6-10-20)21-11-7-4-8-12-21/h3-12,18-19,24H,14,16-17H2,1-2H3/t18-,19-/m1/s1. The Balaban J connectivity index is 1.99. The monoisotopic (exact) mass is 319 g/mol. The largest absolute Gasteiger partial charge is 0.369 e. The third-order valence-corrected chi connectivity index (χ3v) is 4.98. The van der Waals surface area contributed by atoms with E-state index in [1.807, 2.05) is 60.7 Å². The summed E-state index contributed by atoms with van der Waals surface area (Å²) in [6, 6.07) is 19.5. The number of likely N-dealkylation sites (tertiary alicyclic amines) is 1. The minimum Gasteiger partial charge on any atom is -0.369 e. The van der Waals surface area contributed by atoms with E-state index in [1.54, 1.807) is 0 Å². The summed E-state index contributed by atoms with van der Waals surface area (Å²) in [6.45, 7) is 4.35. The highest BCUT2D eigenvalue weighted by molar-refractivity contribution is 5.44. The van der Waals surface area contributed by atoms with E-state index in [9.17, 15) is 5.11 Å². The van der Waals surface area contributed by atoms with Crippen LogP contribution in [0.4, 0.5) is 0 Å². The first-order valence-electron chi connectivity index (χ1n) is 8.64. The Labute approximate surface area is 145 Å². The lowest BCUT2D eigenvalue weighted by atomic mass is 9.84. The van der Waals surface area contributed by atoms with E-state index in [1.165, 1.54) is 0 Å². The van der Waals surface area contributed by atoms with Crippen LogP contribution in [0.5, 0.6) is 0 Å². The van der Waals surface area contributed by atoms with Crippen molar-refractivity contribution in [2.24, 2.45) is 11.8 Å². The molecular formula is C22H25NO. The van der Waals surface area contributed by atoms with Crippen LogP contribution in [-0.4, -0.2) is 30.1 Å². The topological polar surface area (TPSA) is 23.5 Å². The van der Waals surface area contributed by atoms with Crippen molar-refractivity contribution < 1.29 is 5.11 Å². The molecule has 2 atom stereocenters. The molecule has 0 spiro atoms. The fourth-order valence-electron chi connectivity index (χ4n) is 3.29. The van der Waals surface area contributed by atoms with Crippen LogP contribution < -0.4 is 0 Å². The molecule has 0 aliphatic carbocycles. The number of hydrogen-bond donors (Lipinski definition) is 1. The highest BCUT2D eigenvalue weighted by Gasteiger charge is 2.30. The minimum atomic E-state index is -1.27. The second kappa shape index (κ2) is 7.21. The molecule has 0 radical (unpaired) electrons. The van der Waals surface area contributed by atoms with Gasteiger partial charge >= 0.3 is 0 Å². The van der Waals surface area contributed by atoms with Gasteiger partial charge in [0, 0.05) is 23.6 Å². The average molecular weight is 319 g/mol. The summed E-state index contributed by atoms with van der Waals surface area (Å²) in [4.78, 5) is 2.32. The molecule has 2 nitrogen and oxygen atoms in total. The van der Waals surface area contributed by atoms with Crippen LogP contribution in [0.3, 0.4) is 0 Å². The molecule has 1 fully saturated rings. The molecule has 1 N–H and O–H groups in total. The van der Waals surface area contributed by atoms with Crippen LogP contribution in [-0.2, 0) is 5.60 Å². The average Bonchev–Trinajstić information content (AvgIpc) is 2.63. The number of rotatable bonds is 2. The van der Waals surface area contributed by atoms with E-state index in [4.69, 9.17) is 0 Å². The van der Waals surface area contributed by atoms with Gasteiger partial charge in [-0.3, -0.25) is 0 Å². The van der Waals surface area contributed by atoms with Crippen LogP contribution in [0, 0.1) is 23.7 Å². The normalized spacial score (nSPS) is 21.8. The van der Waals surface area contributed by atoms with Gasteiger partial charge in [-0.25, -0.2) is 0 Å². The number of nitrogens with zero attached hydrogens (tertiary/aromatic N) is 1. The Bertz CT molecular complexity index is 674.